The van der Waals surface area contributed by atoms with Gasteiger partial charge in [-0.15, -0.1) is 0 Å². The van der Waals surface area contributed by atoms with E-state index in [9.17, 15) is 4.79 Å². The molecule has 8 heteroatoms. The lowest BCUT2D eigenvalue weighted by atomic mass is 10.2. The molecule has 1 amide bonds. The van der Waals surface area contributed by atoms with Crippen molar-refractivity contribution in [3.05, 3.63) is 66.8 Å². The van der Waals surface area contributed by atoms with Crippen LogP contribution in [0.3, 0.4) is 0 Å². The summed E-state index contributed by atoms with van der Waals surface area (Å²) >= 11 is 1.56. The zero-order valence-electron chi connectivity index (χ0n) is 13.8. The Hall–Kier alpha value is -3.26. The maximum atomic E-state index is 12.3. The minimum Gasteiger partial charge on any atom is -0.463 e. The smallest absolute Gasteiger partial charge is 0.276 e. The summed E-state index contributed by atoms with van der Waals surface area (Å²) in [7, 11) is 1.95. The third-order valence-electron chi connectivity index (χ3n) is 3.70. The van der Waals surface area contributed by atoms with Gasteiger partial charge in [0.2, 0.25) is 0 Å². The summed E-state index contributed by atoms with van der Waals surface area (Å²) < 4.78 is 7.24. The number of amides is 1. The van der Waals surface area contributed by atoms with Crippen LogP contribution in [0.25, 0.3) is 11.5 Å². The molecule has 0 atom stereocenters. The van der Waals surface area contributed by atoms with Crippen molar-refractivity contribution in [3.8, 4) is 11.5 Å². The molecule has 0 aliphatic rings. The Balaban J connectivity index is 1.42. The summed E-state index contributed by atoms with van der Waals surface area (Å²) in [5.41, 5.74) is 1.64. The fraction of sp³-hybridized carbons (Fsp3) is 0.0556. The fourth-order valence-corrected chi connectivity index (χ4v) is 3.15. The molecule has 0 spiro atoms. The number of aromatic amines is 1. The number of rotatable bonds is 5. The van der Waals surface area contributed by atoms with E-state index in [1.54, 1.807) is 42.4 Å². The molecule has 4 aromatic rings. The van der Waals surface area contributed by atoms with E-state index in [1.165, 1.54) is 0 Å². The van der Waals surface area contributed by atoms with E-state index < -0.39 is 0 Å². The number of nitrogens with one attached hydrogen (secondary N) is 2. The number of furan rings is 1. The summed E-state index contributed by atoms with van der Waals surface area (Å²) in [5.74, 6) is 0.343. The average Bonchev–Trinajstić information content (AvgIpc) is 3.38. The Morgan fingerprint density at radius 1 is 1.27 bits per heavy atom. The zero-order chi connectivity index (χ0) is 17.9. The van der Waals surface area contributed by atoms with Crippen LogP contribution in [-0.2, 0) is 7.05 Å². The van der Waals surface area contributed by atoms with E-state index in [2.05, 4.69) is 20.5 Å². The van der Waals surface area contributed by atoms with E-state index in [0.717, 1.165) is 10.1 Å². The van der Waals surface area contributed by atoms with Crippen molar-refractivity contribution in [3.63, 3.8) is 0 Å². The van der Waals surface area contributed by atoms with E-state index in [1.807, 2.05) is 42.1 Å². The van der Waals surface area contributed by atoms with Crippen LogP contribution in [0, 0.1) is 0 Å². The first kappa shape index (κ1) is 16.2. The highest BCUT2D eigenvalue weighted by molar-refractivity contribution is 7.99. The van der Waals surface area contributed by atoms with Crippen molar-refractivity contribution < 1.29 is 9.21 Å². The largest absolute Gasteiger partial charge is 0.463 e. The Bertz CT molecular complexity index is 1020. The van der Waals surface area contributed by atoms with Crippen LogP contribution in [0.5, 0.6) is 0 Å². The van der Waals surface area contributed by atoms with Crippen molar-refractivity contribution >= 4 is 23.4 Å². The van der Waals surface area contributed by atoms with Crippen molar-refractivity contribution in [1.29, 1.82) is 0 Å². The van der Waals surface area contributed by atoms with Crippen LogP contribution < -0.4 is 5.32 Å². The molecule has 7 nitrogen and oxygen atoms in total. The molecule has 0 unspecified atom stereocenters. The van der Waals surface area contributed by atoms with Crippen LogP contribution in [0.15, 0.2) is 75.6 Å². The molecule has 3 aromatic heterocycles. The van der Waals surface area contributed by atoms with Gasteiger partial charge in [0.25, 0.3) is 5.91 Å². The van der Waals surface area contributed by atoms with Gasteiger partial charge in [-0.2, -0.15) is 5.10 Å². The second kappa shape index (κ2) is 6.93. The van der Waals surface area contributed by atoms with E-state index >= 15 is 0 Å². The molecule has 1 aromatic carbocycles. The summed E-state index contributed by atoms with van der Waals surface area (Å²) in [4.78, 5) is 17.7. The summed E-state index contributed by atoms with van der Waals surface area (Å²) in [6, 6.07) is 12.8. The van der Waals surface area contributed by atoms with Crippen LogP contribution >= 0.6 is 11.8 Å². The molecule has 0 saturated carbocycles. The molecule has 0 aliphatic heterocycles. The summed E-state index contributed by atoms with van der Waals surface area (Å²) in [5, 5.41) is 10.6. The molecule has 130 valence electrons. The van der Waals surface area contributed by atoms with Crippen molar-refractivity contribution in [2.45, 2.75) is 10.1 Å². The number of nitrogens with zero attached hydrogens (tertiary/aromatic N) is 3. The van der Waals surface area contributed by atoms with Crippen LogP contribution in [0.1, 0.15) is 10.5 Å². The highest BCUT2D eigenvalue weighted by Gasteiger charge is 2.13. The molecule has 3 heterocycles. The number of aryl methyl sites for hydroxylation is 1. The average molecular weight is 365 g/mol. The number of anilines is 1. The number of aromatic nitrogens is 4. The Morgan fingerprint density at radius 3 is 2.81 bits per heavy atom. The Kier molecular flexibility index (Phi) is 4.32. The van der Waals surface area contributed by atoms with Gasteiger partial charge in [0.1, 0.15) is 5.69 Å². The topological polar surface area (TPSA) is 88.7 Å². The minimum absolute atomic E-state index is 0.288. The van der Waals surface area contributed by atoms with Crippen LogP contribution in [-0.4, -0.2) is 25.7 Å². The van der Waals surface area contributed by atoms with Crippen molar-refractivity contribution in [2.75, 3.05) is 5.32 Å². The predicted octanol–water partition coefficient (Wildman–Crippen LogP) is 3.81. The van der Waals surface area contributed by atoms with Gasteiger partial charge in [-0.3, -0.25) is 9.89 Å². The maximum Gasteiger partial charge on any atom is 0.276 e. The third-order valence-corrected chi connectivity index (χ3v) is 4.78. The first-order chi connectivity index (χ1) is 12.7. The highest BCUT2D eigenvalue weighted by atomic mass is 32.2. The van der Waals surface area contributed by atoms with Gasteiger partial charge in [0.15, 0.2) is 16.6 Å². The lowest BCUT2D eigenvalue weighted by molar-refractivity contribution is 0.102. The lowest BCUT2D eigenvalue weighted by Crippen LogP contribution is -2.12. The van der Waals surface area contributed by atoms with Crippen LogP contribution in [0.2, 0.25) is 0 Å². The van der Waals surface area contributed by atoms with Crippen molar-refractivity contribution in [2.24, 2.45) is 7.05 Å². The molecule has 0 saturated heterocycles. The van der Waals surface area contributed by atoms with E-state index in [0.29, 0.717) is 22.8 Å². The van der Waals surface area contributed by atoms with Gasteiger partial charge in [0, 0.05) is 36.1 Å². The zero-order valence-corrected chi connectivity index (χ0v) is 14.7. The maximum absolute atomic E-state index is 12.3. The van der Waals surface area contributed by atoms with Crippen molar-refractivity contribution in [1.82, 2.24) is 19.7 Å². The molecule has 4 rings (SSSR count). The SMILES string of the molecule is Cn1ccnc1Sc1ccc(NC(=O)c2cc(-c3ccco3)[nH]n2)cc1. The first-order valence-corrected chi connectivity index (χ1v) is 8.66. The monoisotopic (exact) mass is 365 g/mol. The number of hydrogen-bond acceptors (Lipinski definition) is 5. The number of carbonyl (C=O) groups is 1. The normalized spacial score (nSPS) is 10.8. The molecule has 0 radical (unpaired) electrons. The molecular weight excluding hydrogens is 350 g/mol. The Labute approximate surface area is 153 Å². The Morgan fingerprint density at radius 2 is 2.12 bits per heavy atom. The third kappa shape index (κ3) is 3.40. The second-order valence-corrected chi connectivity index (χ2v) is 6.59. The number of hydrogen-bond donors (Lipinski definition) is 2. The number of imidazole rings is 1. The standard InChI is InChI=1S/C18H15N5O2S/c1-23-9-8-19-18(23)26-13-6-4-12(5-7-13)20-17(24)15-11-14(21-22-15)16-3-2-10-25-16/h2-11H,1H3,(H,20,24)(H,21,22). The van der Waals surface area contributed by atoms with Gasteiger partial charge in [-0.1, -0.05) is 11.8 Å². The van der Waals surface area contributed by atoms with E-state index in [4.69, 9.17) is 4.42 Å². The lowest BCUT2D eigenvalue weighted by Gasteiger charge is -2.05. The molecule has 0 fully saturated rings. The molecular formula is C18H15N5O2S. The van der Waals surface area contributed by atoms with Gasteiger partial charge in [-0.25, -0.2) is 4.98 Å². The summed E-state index contributed by atoms with van der Waals surface area (Å²) in [6.45, 7) is 0. The van der Waals surface area contributed by atoms with Gasteiger partial charge in [0.05, 0.1) is 6.26 Å². The minimum atomic E-state index is -0.288. The van der Waals surface area contributed by atoms with Crippen LogP contribution in [0.4, 0.5) is 5.69 Å². The fourth-order valence-electron chi connectivity index (χ4n) is 2.35. The molecule has 26 heavy (non-hydrogen) atoms. The number of H-pyrrole nitrogens is 1. The van der Waals surface area contributed by atoms with Gasteiger partial charge >= 0.3 is 0 Å². The molecule has 0 aliphatic carbocycles. The molecule has 0 bridgehead atoms. The van der Waals surface area contributed by atoms with E-state index in [-0.39, 0.29) is 5.91 Å². The highest BCUT2D eigenvalue weighted by Crippen LogP contribution is 2.27. The quantitative estimate of drug-likeness (QED) is 0.561. The first-order valence-electron chi connectivity index (χ1n) is 7.85. The predicted molar refractivity (Wildman–Crippen MR) is 98.0 cm³/mol. The summed E-state index contributed by atoms with van der Waals surface area (Å²) in [6.07, 6.45) is 5.23. The number of carbonyl (C=O) groups excluding carboxylic acids is 1. The molecule has 2 N–H and O–H groups in total. The van der Waals surface area contributed by atoms with Gasteiger partial charge < -0.3 is 14.3 Å². The van der Waals surface area contributed by atoms with Gasteiger partial charge in [-0.05, 0) is 36.4 Å². The second-order valence-electron chi connectivity index (χ2n) is 5.55. The number of benzene rings is 1.